The average molecular weight is 379 g/mol. The lowest BCUT2D eigenvalue weighted by molar-refractivity contribution is -0.141. The van der Waals surface area contributed by atoms with Crippen molar-refractivity contribution >= 4 is 23.5 Å². The summed E-state index contributed by atoms with van der Waals surface area (Å²) >= 11 is 6.38. The molecule has 2 aromatic rings. The van der Waals surface area contributed by atoms with Gasteiger partial charge in [-0.25, -0.2) is 0 Å². The maximum atomic E-state index is 12.9. The summed E-state index contributed by atoms with van der Waals surface area (Å²) in [5, 5.41) is 9.34. The van der Waals surface area contributed by atoms with Crippen LogP contribution in [0.2, 0.25) is 5.02 Å². The molecule has 1 saturated heterocycles. The van der Waals surface area contributed by atoms with E-state index in [1.807, 2.05) is 29.1 Å². The Morgan fingerprint density at radius 2 is 2.08 bits per heavy atom. The van der Waals surface area contributed by atoms with Gasteiger partial charge in [0.05, 0.1) is 42.5 Å². The predicted octanol–water partition coefficient (Wildman–Crippen LogP) is 2.46. The van der Waals surface area contributed by atoms with Gasteiger partial charge in [0.15, 0.2) is 0 Å². The third kappa shape index (κ3) is 3.84. The first kappa shape index (κ1) is 18.3. The number of carbonyl (C=O) groups excluding carboxylic acids is 1. The minimum absolute atomic E-state index is 0.145. The lowest BCUT2D eigenvalue weighted by atomic mass is 10.1. The van der Waals surface area contributed by atoms with Crippen LogP contribution >= 0.6 is 11.6 Å². The van der Waals surface area contributed by atoms with E-state index < -0.39 is 12.1 Å². The number of aromatic nitrogens is 1. The van der Waals surface area contributed by atoms with Gasteiger partial charge >= 0.3 is 5.97 Å². The zero-order chi connectivity index (χ0) is 18.7. The van der Waals surface area contributed by atoms with Gasteiger partial charge < -0.3 is 24.0 Å². The molecule has 1 N–H and O–H groups in total. The first-order valence-corrected chi connectivity index (χ1v) is 8.51. The number of carboxylic acids is 1. The van der Waals surface area contributed by atoms with E-state index in [0.29, 0.717) is 35.2 Å². The second-order valence-corrected chi connectivity index (χ2v) is 6.34. The number of aliphatic carboxylic acids is 1. The Labute approximate surface area is 155 Å². The summed E-state index contributed by atoms with van der Waals surface area (Å²) in [5.41, 5.74) is 1.04. The van der Waals surface area contributed by atoms with E-state index in [4.69, 9.17) is 26.2 Å². The molecule has 1 atom stereocenters. The molecule has 0 aliphatic carbocycles. The highest BCUT2D eigenvalue weighted by molar-refractivity contribution is 6.33. The SMILES string of the molecule is COc1cc(-n2cccc2)c(Cl)cc1C(=O)N1CCO[C@H](CC(=O)O)C1. The number of benzene rings is 1. The first-order valence-electron chi connectivity index (χ1n) is 8.13. The van der Waals surface area contributed by atoms with Gasteiger partial charge in [0.2, 0.25) is 0 Å². The van der Waals surface area contributed by atoms with Crippen LogP contribution in [0.3, 0.4) is 0 Å². The fraction of sp³-hybridized carbons (Fsp3) is 0.333. The standard InChI is InChI=1S/C18H19ClN2O5/c1-25-16-10-15(20-4-2-3-5-20)14(19)9-13(16)18(24)21-6-7-26-12(11-21)8-17(22)23/h2-5,9-10,12H,6-8,11H2,1H3,(H,22,23)/t12-/m1/s1. The van der Waals surface area contributed by atoms with Crippen LogP contribution in [-0.4, -0.2) is 59.4 Å². The molecule has 8 heteroatoms. The molecule has 1 aromatic carbocycles. The molecule has 26 heavy (non-hydrogen) atoms. The summed E-state index contributed by atoms with van der Waals surface area (Å²) < 4.78 is 12.6. The third-order valence-electron chi connectivity index (χ3n) is 4.21. The number of hydrogen-bond donors (Lipinski definition) is 1. The lowest BCUT2D eigenvalue weighted by Gasteiger charge is -2.32. The van der Waals surface area contributed by atoms with Crippen LogP contribution < -0.4 is 4.74 Å². The minimum Gasteiger partial charge on any atom is -0.496 e. The molecule has 0 spiro atoms. The quantitative estimate of drug-likeness (QED) is 0.864. The summed E-state index contributed by atoms with van der Waals surface area (Å²) in [5.74, 6) is -0.813. The molecule has 0 unspecified atom stereocenters. The molecule has 2 heterocycles. The molecular formula is C18H19ClN2O5. The zero-order valence-corrected chi connectivity index (χ0v) is 15.0. The van der Waals surface area contributed by atoms with Crippen molar-refractivity contribution in [2.45, 2.75) is 12.5 Å². The molecule has 0 saturated carbocycles. The zero-order valence-electron chi connectivity index (χ0n) is 14.2. The largest absolute Gasteiger partial charge is 0.496 e. The molecule has 0 bridgehead atoms. The molecule has 1 aromatic heterocycles. The van der Waals surface area contributed by atoms with E-state index in [0.717, 1.165) is 0 Å². The second kappa shape index (κ2) is 7.80. The van der Waals surface area contributed by atoms with Gasteiger partial charge in [-0.05, 0) is 18.2 Å². The van der Waals surface area contributed by atoms with Crippen LogP contribution in [0.15, 0.2) is 36.7 Å². The topological polar surface area (TPSA) is 81.0 Å². The Hall–Kier alpha value is -2.51. The second-order valence-electron chi connectivity index (χ2n) is 5.94. The van der Waals surface area contributed by atoms with E-state index in [-0.39, 0.29) is 18.9 Å². The number of methoxy groups -OCH3 is 1. The van der Waals surface area contributed by atoms with Crippen LogP contribution in [0.5, 0.6) is 5.75 Å². The Morgan fingerprint density at radius 3 is 2.73 bits per heavy atom. The molecule has 1 aliphatic heterocycles. The monoisotopic (exact) mass is 378 g/mol. The number of carboxylic acid groups (broad SMARTS) is 1. The molecule has 7 nitrogen and oxygen atoms in total. The molecule has 1 aliphatic rings. The number of nitrogens with zero attached hydrogens (tertiary/aromatic N) is 2. The molecule has 3 rings (SSSR count). The van der Waals surface area contributed by atoms with E-state index in [1.165, 1.54) is 7.11 Å². The average Bonchev–Trinajstić information content (AvgIpc) is 3.15. The van der Waals surface area contributed by atoms with Crippen LogP contribution in [0.4, 0.5) is 0 Å². The third-order valence-corrected chi connectivity index (χ3v) is 4.51. The normalized spacial score (nSPS) is 17.2. The van der Waals surface area contributed by atoms with Crippen molar-refractivity contribution in [2.75, 3.05) is 26.8 Å². The van der Waals surface area contributed by atoms with Gasteiger partial charge in [-0.3, -0.25) is 9.59 Å². The van der Waals surface area contributed by atoms with Crippen LogP contribution in [0.1, 0.15) is 16.8 Å². The van der Waals surface area contributed by atoms with Crippen molar-refractivity contribution in [1.29, 1.82) is 0 Å². The van der Waals surface area contributed by atoms with Crippen LogP contribution in [0.25, 0.3) is 5.69 Å². The highest BCUT2D eigenvalue weighted by Crippen LogP contribution is 2.31. The van der Waals surface area contributed by atoms with E-state index in [9.17, 15) is 9.59 Å². The first-order chi connectivity index (χ1) is 12.5. The molecule has 1 amide bonds. The van der Waals surface area contributed by atoms with Crippen molar-refractivity contribution in [3.63, 3.8) is 0 Å². The number of amides is 1. The van der Waals surface area contributed by atoms with Gasteiger partial charge in [0.25, 0.3) is 5.91 Å². The van der Waals surface area contributed by atoms with Crippen molar-refractivity contribution in [2.24, 2.45) is 0 Å². The number of carbonyl (C=O) groups is 2. The maximum absolute atomic E-state index is 12.9. The van der Waals surface area contributed by atoms with E-state index in [1.54, 1.807) is 17.0 Å². The van der Waals surface area contributed by atoms with Gasteiger partial charge in [-0.2, -0.15) is 0 Å². The Morgan fingerprint density at radius 1 is 1.35 bits per heavy atom. The van der Waals surface area contributed by atoms with Crippen molar-refractivity contribution < 1.29 is 24.2 Å². The number of rotatable bonds is 5. The lowest BCUT2D eigenvalue weighted by Crippen LogP contribution is -2.46. The van der Waals surface area contributed by atoms with Crippen molar-refractivity contribution in [1.82, 2.24) is 9.47 Å². The van der Waals surface area contributed by atoms with Crippen LogP contribution in [-0.2, 0) is 9.53 Å². The van der Waals surface area contributed by atoms with Gasteiger partial charge in [0.1, 0.15) is 5.75 Å². The van der Waals surface area contributed by atoms with E-state index >= 15 is 0 Å². The maximum Gasteiger partial charge on any atom is 0.306 e. The highest BCUT2D eigenvalue weighted by Gasteiger charge is 2.28. The van der Waals surface area contributed by atoms with Gasteiger partial charge in [-0.15, -0.1) is 0 Å². The van der Waals surface area contributed by atoms with Gasteiger partial charge in [0, 0.05) is 31.5 Å². The fourth-order valence-electron chi connectivity index (χ4n) is 2.96. The smallest absolute Gasteiger partial charge is 0.306 e. The summed E-state index contributed by atoms with van der Waals surface area (Å²) in [6, 6.07) is 7.04. The van der Waals surface area contributed by atoms with Gasteiger partial charge in [-0.1, -0.05) is 11.6 Å². The van der Waals surface area contributed by atoms with Crippen molar-refractivity contribution in [3.8, 4) is 11.4 Å². The van der Waals surface area contributed by atoms with Crippen LogP contribution in [0, 0.1) is 0 Å². The number of ether oxygens (including phenoxy) is 2. The number of morpholine rings is 1. The summed E-state index contributed by atoms with van der Waals surface area (Å²) in [4.78, 5) is 25.4. The molecular weight excluding hydrogens is 360 g/mol. The van der Waals surface area contributed by atoms with Crippen molar-refractivity contribution in [3.05, 3.63) is 47.2 Å². The Bertz CT molecular complexity index is 806. The summed E-state index contributed by atoms with van der Waals surface area (Å²) in [7, 11) is 1.49. The highest BCUT2D eigenvalue weighted by atomic mass is 35.5. The molecule has 0 radical (unpaired) electrons. The number of halogens is 1. The Kier molecular flexibility index (Phi) is 5.49. The molecule has 138 valence electrons. The predicted molar refractivity (Wildman–Crippen MR) is 95.2 cm³/mol. The number of hydrogen-bond acceptors (Lipinski definition) is 4. The minimum atomic E-state index is -0.957. The fourth-order valence-corrected chi connectivity index (χ4v) is 3.23. The summed E-state index contributed by atoms with van der Waals surface area (Å²) in [6.45, 7) is 0.890. The summed E-state index contributed by atoms with van der Waals surface area (Å²) in [6.07, 6.45) is 3.03. The van der Waals surface area contributed by atoms with E-state index in [2.05, 4.69) is 0 Å². The molecule has 1 fully saturated rings. The Balaban J connectivity index is 1.87.